The number of nitrogens with one attached hydrogen (secondary N) is 1. The van der Waals surface area contributed by atoms with Gasteiger partial charge in [0.2, 0.25) is 5.91 Å². The summed E-state index contributed by atoms with van der Waals surface area (Å²) >= 11 is 0. The van der Waals surface area contributed by atoms with E-state index in [1.165, 1.54) is 6.92 Å². The first-order valence-corrected chi connectivity index (χ1v) is 8.60. The van der Waals surface area contributed by atoms with Gasteiger partial charge in [-0.05, 0) is 49.4 Å². The molecule has 0 aliphatic heterocycles. The first-order chi connectivity index (χ1) is 12.1. The van der Waals surface area contributed by atoms with Crippen LogP contribution in [0, 0.1) is 5.92 Å². The van der Waals surface area contributed by atoms with Crippen LogP contribution in [0.1, 0.15) is 47.3 Å². The number of carbonyl (C=O) groups excluding carboxylic acids is 2. The van der Waals surface area contributed by atoms with Gasteiger partial charge in [0.25, 0.3) is 0 Å². The number of carbonyl (C=O) groups is 2. The standard InChI is InChI=1S/C21H23NO3/c1-14(23)17-10-11-19(25-2)18(12-17)13-20(24)22-21(16-8-9-16)15-6-4-3-5-7-15/h3-7,10-12,16,21H,8-9,13H2,1-2H3,(H,22,24). The summed E-state index contributed by atoms with van der Waals surface area (Å²) < 4.78 is 5.34. The van der Waals surface area contributed by atoms with Crippen molar-refractivity contribution < 1.29 is 14.3 Å². The van der Waals surface area contributed by atoms with Crippen LogP contribution in [-0.4, -0.2) is 18.8 Å². The molecule has 1 amide bonds. The van der Waals surface area contributed by atoms with Crippen LogP contribution >= 0.6 is 0 Å². The van der Waals surface area contributed by atoms with Crippen LogP contribution in [0.3, 0.4) is 0 Å². The first kappa shape index (κ1) is 17.2. The minimum Gasteiger partial charge on any atom is -0.496 e. The van der Waals surface area contributed by atoms with E-state index in [0.717, 1.165) is 24.0 Å². The minimum absolute atomic E-state index is 0.0237. The highest BCUT2D eigenvalue weighted by molar-refractivity contribution is 5.94. The van der Waals surface area contributed by atoms with Crippen molar-refractivity contribution in [3.05, 3.63) is 65.2 Å². The normalized spacial score (nSPS) is 14.6. The molecule has 0 radical (unpaired) electrons. The zero-order valence-corrected chi connectivity index (χ0v) is 14.6. The van der Waals surface area contributed by atoms with Gasteiger partial charge in [0.1, 0.15) is 5.75 Å². The molecule has 130 valence electrons. The van der Waals surface area contributed by atoms with Crippen LogP contribution in [0.5, 0.6) is 5.75 Å². The zero-order valence-electron chi connectivity index (χ0n) is 14.6. The van der Waals surface area contributed by atoms with Gasteiger partial charge in [-0.2, -0.15) is 0 Å². The van der Waals surface area contributed by atoms with Crippen molar-refractivity contribution in [2.45, 2.75) is 32.2 Å². The second-order valence-electron chi connectivity index (χ2n) is 6.55. The van der Waals surface area contributed by atoms with E-state index in [2.05, 4.69) is 17.4 Å². The van der Waals surface area contributed by atoms with Crippen molar-refractivity contribution in [3.63, 3.8) is 0 Å². The zero-order chi connectivity index (χ0) is 17.8. The lowest BCUT2D eigenvalue weighted by Crippen LogP contribution is -2.31. The summed E-state index contributed by atoms with van der Waals surface area (Å²) in [4.78, 5) is 24.2. The SMILES string of the molecule is COc1ccc(C(C)=O)cc1CC(=O)NC(c1ccccc1)C1CC1. The van der Waals surface area contributed by atoms with Crippen LogP contribution in [0.4, 0.5) is 0 Å². The number of Topliss-reactive ketones (excluding diaryl/α,β-unsaturated/α-hetero) is 1. The second kappa shape index (κ2) is 7.51. The molecule has 1 aliphatic rings. The molecule has 1 unspecified atom stereocenters. The Labute approximate surface area is 148 Å². The van der Waals surface area contributed by atoms with E-state index in [4.69, 9.17) is 4.74 Å². The third kappa shape index (κ3) is 4.27. The number of rotatable bonds is 7. The Hall–Kier alpha value is -2.62. The van der Waals surface area contributed by atoms with Crippen LogP contribution in [0.25, 0.3) is 0 Å². The molecule has 4 nitrogen and oxygen atoms in total. The van der Waals surface area contributed by atoms with Crippen LogP contribution in [0.2, 0.25) is 0 Å². The Bertz CT molecular complexity index is 766. The van der Waals surface area contributed by atoms with E-state index in [1.54, 1.807) is 25.3 Å². The number of benzene rings is 2. The molecule has 4 heteroatoms. The summed E-state index contributed by atoms with van der Waals surface area (Å²) in [5, 5.41) is 3.16. The van der Waals surface area contributed by atoms with E-state index in [9.17, 15) is 9.59 Å². The Morgan fingerprint density at radius 3 is 2.48 bits per heavy atom. The third-order valence-electron chi connectivity index (χ3n) is 4.61. The van der Waals surface area contributed by atoms with Crippen LogP contribution in [0.15, 0.2) is 48.5 Å². The van der Waals surface area contributed by atoms with Crippen molar-refractivity contribution in [2.75, 3.05) is 7.11 Å². The molecule has 1 N–H and O–H groups in total. The predicted octanol–water partition coefficient (Wildman–Crippen LogP) is 3.71. The summed E-state index contributed by atoms with van der Waals surface area (Å²) in [6, 6.07) is 15.3. The maximum Gasteiger partial charge on any atom is 0.225 e. The van der Waals surface area contributed by atoms with Gasteiger partial charge in [-0.15, -0.1) is 0 Å². The topological polar surface area (TPSA) is 55.4 Å². The molecule has 3 rings (SSSR count). The monoisotopic (exact) mass is 337 g/mol. The smallest absolute Gasteiger partial charge is 0.225 e. The molecule has 0 bridgehead atoms. The highest BCUT2D eigenvalue weighted by atomic mass is 16.5. The lowest BCUT2D eigenvalue weighted by Gasteiger charge is -2.19. The molecule has 0 aromatic heterocycles. The number of amides is 1. The highest BCUT2D eigenvalue weighted by Crippen LogP contribution is 2.41. The van der Waals surface area contributed by atoms with Gasteiger partial charge < -0.3 is 10.1 Å². The van der Waals surface area contributed by atoms with Gasteiger partial charge in [0.15, 0.2) is 5.78 Å². The molecule has 1 fully saturated rings. The molecule has 2 aromatic carbocycles. The van der Waals surface area contributed by atoms with Gasteiger partial charge >= 0.3 is 0 Å². The highest BCUT2D eigenvalue weighted by Gasteiger charge is 2.33. The maximum absolute atomic E-state index is 12.6. The molecule has 0 heterocycles. The molecule has 25 heavy (non-hydrogen) atoms. The van der Waals surface area contributed by atoms with E-state index < -0.39 is 0 Å². The number of hydrogen-bond acceptors (Lipinski definition) is 3. The molecular formula is C21H23NO3. The molecule has 1 aliphatic carbocycles. The minimum atomic E-state index is -0.0558. The number of methoxy groups -OCH3 is 1. The van der Waals surface area contributed by atoms with Crippen molar-refractivity contribution in [3.8, 4) is 5.75 Å². The van der Waals surface area contributed by atoms with Gasteiger partial charge in [-0.3, -0.25) is 9.59 Å². The number of ether oxygens (including phenoxy) is 1. The third-order valence-corrected chi connectivity index (χ3v) is 4.61. The lowest BCUT2D eigenvalue weighted by molar-refractivity contribution is -0.121. The van der Waals surface area contributed by atoms with Gasteiger partial charge in [0.05, 0.1) is 19.6 Å². The molecular weight excluding hydrogens is 314 g/mol. The van der Waals surface area contributed by atoms with Crippen molar-refractivity contribution in [1.29, 1.82) is 0 Å². The average molecular weight is 337 g/mol. The summed E-state index contributed by atoms with van der Waals surface area (Å²) in [7, 11) is 1.57. The first-order valence-electron chi connectivity index (χ1n) is 8.60. The summed E-state index contributed by atoms with van der Waals surface area (Å²) in [6.45, 7) is 1.52. The van der Waals surface area contributed by atoms with Gasteiger partial charge in [-0.1, -0.05) is 30.3 Å². The fourth-order valence-electron chi connectivity index (χ4n) is 3.10. The van der Waals surface area contributed by atoms with E-state index in [1.807, 2.05) is 18.2 Å². The fourth-order valence-corrected chi connectivity index (χ4v) is 3.10. The Morgan fingerprint density at radius 1 is 1.16 bits per heavy atom. The summed E-state index contributed by atoms with van der Waals surface area (Å²) in [5.74, 6) is 1.06. The lowest BCUT2D eigenvalue weighted by atomic mass is 10.0. The van der Waals surface area contributed by atoms with Crippen molar-refractivity contribution in [1.82, 2.24) is 5.32 Å². The summed E-state index contributed by atoms with van der Waals surface area (Å²) in [5.41, 5.74) is 2.46. The van der Waals surface area contributed by atoms with Gasteiger partial charge in [-0.25, -0.2) is 0 Å². The Kier molecular flexibility index (Phi) is 5.17. The Balaban J connectivity index is 1.75. The number of hydrogen-bond donors (Lipinski definition) is 1. The van der Waals surface area contributed by atoms with Crippen LogP contribution < -0.4 is 10.1 Å². The molecule has 1 saturated carbocycles. The molecule has 1 atom stereocenters. The quantitative estimate of drug-likeness (QED) is 0.784. The predicted molar refractivity (Wildman–Crippen MR) is 96.8 cm³/mol. The maximum atomic E-state index is 12.6. The molecule has 2 aromatic rings. The van der Waals surface area contributed by atoms with Crippen molar-refractivity contribution in [2.24, 2.45) is 5.92 Å². The largest absolute Gasteiger partial charge is 0.496 e. The van der Waals surface area contributed by atoms with E-state index >= 15 is 0 Å². The van der Waals surface area contributed by atoms with E-state index in [0.29, 0.717) is 17.2 Å². The van der Waals surface area contributed by atoms with Crippen LogP contribution in [-0.2, 0) is 11.2 Å². The Morgan fingerprint density at radius 2 is 1.88 bits per heavy atom. The van der Waals surface area contributed by atoms with E-state index in [-0.39, 0.29) is 24.2 Å². The molecule has 0 saturated heterocycles. The second-order valence-corrected chi connectivity index (χ2v) is 6.55. The van der Waals surface area contributed by atoms with Crippen molar-refractivity contribution >= 4 is 11.7 Å². The average Bonchev–Trinajstić information content (AvgIpc) is 3.45. The molecule has 0 spiro atoms. The van der Waals surface area contributed by atoms with Gasteiger partial charge in [0, 0.05) is 11.1 Å². The number of ketones is 1. The fraction of sp³-hybridized carbons (Fsp3) is 0.333. The summed E-state index contributed by atoms with van der Waals surface area (Å²) in [6.07, 6.45) is 2.48.